The van der Waals surface area contributed by atoms with E-state index in [4.69, 9.17) is 4.42 Å². The third kappa shape index (κ3) is 1.99. The molecule has 2 rings (SSSR count). The Morgan fingerprint density at radius 3 is 2.38 bits per heavy atom. The molecule has 2 aromatic rings. The van der Waals surface area contributed by atoms with Gasteiger partial charge in [-0.3, -0.25) is 4.79 Å². The van der Waals surface area contributed by atoms with E-state index in [1.165, 1.54) is 0 Å². The summed E-state index contributed by atoms with van der Waals surface area (Å²) >= 11 is 4.96. The fourth-order valence-corrected chi connectivity index (χ4v) is 3.36. The van der Waals surface area contributed by atoms with Crippen molar-refractivity contribution in [1.82, 2.24) is 0 Å². The first-order valence-electron chi connectivity index (χ1n) is 4.86. The van der Waals surface area contributed by atoms with E-state index >= 15 is 0 Å². The molecule has 0 saturated carbocycles. The number of aryl methyl sites for hydroxylation is 3. The quantitative estimate of drug-likeness (QED) is 0.776. The predicted molar refractivity (Wildman–Crippen MR) is 68.4 cm³/mol. The van der Waals surface area contributed by atoms with Crippen LogP contribution in [0.4, 0.5) is 0 Å². The van der Waals surface area contributed by atoms with Gasteiger partial charge < -0.3 is 4.42 Å². The molecule has 0 atom stereocenters. The van der Waals surface area contributed by atoms with E-state index in [-0.39, 0.29) is 5.78 Å². The Balaban J connectivity index is 2.46. The van der Waals surface area contributed by atoms with E-state index in [2.05, 4.69) is 15.9 Å². The highest BCUT2D eigenvalue weighted by Gasteiger charge is 2.18. The van der Waals surface area contributed by atoms with Crippen LogP contribution in [0.3, 0.4) is 0 Å². The van der Waals surface area contributed by atoms with Gasteiger partial charge in [-0.1, -0.05) is 0 Å². The zero-order valence-electron chi connectivity index (χ0n) is 9.26. The van der Waals surface area contributed by atoms with Crippen LogP contribution in [-0.4, -0.2) is 5.78 Å². The largest absolute Gasteiger partial charge is 0.466 e. The van der Waals surface area contributed by atoms with Crippen molar-refractivity contribution in [3.05, 3.63) is 43.4 Å². The second-order valence-corrected chi connectivity index (χ2v) is 6.31. The number of hydrogen-bond acceptors (Lipinski definition) is 3. The lowest BCUT2D eigenvalue weighted by Crippen LogP contribution is -2.01. The number of furan rings is 1. The number of thiophene rings is 1. The molecule has 4 heteroatoms. The Labute approximate surface area is 106 Å². The van der Waals surface area contributed by atoms with Gasteiger partial charge in [-0.25, -0.2) is 0 Å². The van der Waals surface area contributed by atoms with Crippen LogP contribution in [0.15, 0.2) is 20.3 Å². The molecule has 0 fully saturated rings. The molecular formula is C12H11BrO2S. The van der Waals surface area contributed by atoms with Gasteiger partial charge in [0.2, 0.25) is 0 Å². The molecule has 0 aliphatic rings. The lowest BCUT2D eigenvalue weighted by molar-refractivity contribution is 0.103. The Bertz CT molecular complexity index is 503. The maximum atomic E-state index is 12.2. The molecule has 0 unspecified atom stereocenters. The first-order valence-corrected chi connectivity index (χ1v) is 6.47. The van der Waals surface area contributed by atoms with Gasteiger partial charge in [0, 0.05) is 10.4 Å². The Kier molecular flexibility index (Phi) is 3.04. The van der Waals surface area contributed by atoms with Gasteiger partial charge in [0.1, 0.15) is 11.5 Å². The monoisotopic (exact) mass is 298 g/mol. The molecule has 84 valence electrons. The third-order valence-corrected chi connectivity index (χ3v) is 3.97. The second kappa shape index (κ2) is 4.18. The van der Waals surface area contributed by atoms with E-state index in [0.717, 1.165) is 20.0 Å². The highest BCUT2D eigenvalue weighted by atomic mass is 79.9. The first-order chi connectivity index (χ1) is 7.49. The van der Waals surface area contributed by atoms with Crippen molar-refractivity contribution in [2.45, 2.75) is 20.8 Å². The van der Waals surface area contributed by atoms with Crippen molar-refractivity contribution in [2.24, 2.45) is 0 Å². The lowest BCUT2D eigenvalue weighted by atomic mass is 10.1. The van der Waals surface area contributed by atoms with Crippen LogP contribution in [0.5, 0.6) is 0 Å². The SMILES string of the molecule is Cc1cc(C(=O)c2cc(Br)sc2C)c(C)o1. The lowest BCUT2D eigenvalue weighted by Gasteiger charge is -1.97. The summed E-state index contributed by atoms with van der Waals surface area (Å²) in [5, 5.41) is 0. The van der Waals surface area contributed by atoms with E-state index in [9.17, 15) is 4.79 Å². The number of ketones is 1. The van der Waals surface area contributed by atoms with Crippen LogP contribution in [0.2, 0.25) is 0 Å². The fourth-order valence-electron chi connectivity index (χ4n) is 1.67. The number of carbonyl (C=O) groups is 1. The van der Waals surface area contributed by atoms with E-state index < -0.39 is 0 Å². The van der Waals surface area contributed by atoms with Crippen LogP contribution < -0.4 is 0 Å². The van der Waals surface area contributed by atoms with E-state index in [1.54, 1.807) is 17.4 Å². The molecule has 0 aliphatic heterocycles. The van der Waals surface area contributed by atoms with E-state index in [0.29, 0.717) is 11.3 Å². The summed E-state index contributed by atoms with van der Waals surface area (Å²) in [6.45, 7) is 5.61. The average Bonchev–Trinajstić information content (AvgIpc) is 2.68. The molecule has 0 radical (unpaired) electrons. The Hall–Kier alpha value is -0.870. The normalized spacial score (nSPS) is 10.8. The second-order valence-electron chi connectivity index (χ2n) is 3.68. The van der Waals surface area contributed by atoms with Gasteiger partial charge in [-0.05, 0) is 48.8 Å². The minimum Gasteiger partial charge on any atom is -0.466 e. The average molecular weight is 299 g/mol. The summed E-state index contributed by atoms with van der Waals surface area (Å²) in [7, 11) is 0. The zero-order valence-corrected chi connectivity index (χ0v) is 11.7. The summed E-state index contributed by atoms with van der Waals surface area (Å²) in [5.41, 5.74) is 1.41. The smallest absolute Gasteiger partial charge is 0.197 e. The summed E-state index contributed by atoms with van der Waals surface area (Å²) in [6.07, 6.45) is 0. The highest BCUT2D eigenvalue weighted by molar-refractivity contribution is 9.11. The molecule has 2 nitrogen and oxygen atoms in total. The maximum Gasteiger partial charge on any atom is 0.197 e. The molecule has 0 spiro atoms. The number of hydrogen-bond donors (Lipinski definition) is 0. The van der Waals surface area contributed by atoms with Gasteiger partial charge in [0.15, 0.2) is 5.78 Å². The Morgan fingerprint density at radius 1 is 1.25 bits per heavy atom. The number of carbonyl (C=O) groups excluding carboxylic acids is 1. The molecule has 2 aromatic heterocycles. The van der Waals surface area contributed by atoms with Crippen LogP contribution in [0.25, 0.3) is 0 Å². The molecule has 0 bridgehead atoms. The van der Waals surface area contributed by atoms with Crippen LogP contribution >= 0.6 is 27.3 Å². The minimum atomic E-state index is 0.0359. The van der Waals surface area contributed by atoms with Gasteiger partial charge in [-0.15, -0.1) is 11.3 Å². The number of halogens is 1. The Morgan fingerprint density at radius 2 is 1.94 bits per heavy atom. The molecule has 0 saturated heterocycles. The molecule has 0 aromatic carbocycles. The fraction of sp³-hybridized carbons (Fsp3) is 0.250. The van der Waals surface area contributed by atoms with Crippen LogP contribution in [0.1, 0.15) is 32.3 Å². The van der Waals surface area contributed by atoms with Gasteiger partial charge in [-0.2, -0.15) is 0 Å². The van der Waals surface area contributed by atoms with Crippen molar-refractivity contribution in [3.8, 4) is 0 Å². The molecule has 0 aliphatic carbocycles. The van der Waals surface area contributed by atoms with Crippen molar-refractivity contribution in [2.75, 3.05) is 0 Å². The summed E-state index contributed by atoms with van der Waals surface area (Å²) < 4.78 is 6.35. The van der Waals surface area contributed by atoms with Crippen LogP contribution in [-0.2, 0) is 0 Å². The summed E-state index contributed by atoms with van der Waals surface area (Å²) in [4.78, 5) is 13.3. The summed E-state index contributed by atoms with van der Waals surface area (Å²) in [6, 6.07) is 3.66. The molecular weight excluding hydrogens is 288 g/mol. The van der Waals surface area contributed by atoms with Gasteiger partial charge >= 0.3 is 0 Å². The molecule has 0 N–H and O–H groups in total. The van der Waals surface area contributed by atoms with Gasteiger partial charge in [0.05, 0.1) is 9.35 Å². The van der Waals surface area contributed by atoms with E-state index in [1.807, 2.05) is 26.8 Å². The van der Waals surface area contributed by atoms with Crippen molar-refractivity contribution >= 4 is 33.0 Å². The van der Waals surface area contributed by atoms with Crippen molar-refractivity contribution < 1.29 is 9.21 Å². The molecule has 16 heavy (non-hydrogen) atoms. The standard InChI is InChI=1S/C12H11BrO2S/c1-6-4-9(7(2)15-6)12(14)10-5-11(13)16-8(10)3/h4-5H,1-3H3. The molecule has 2 heterocycles. The van der Waals surface area contributed by atoms with Gasteiger partial charge in [0.25, 0.3) is 0 Å². The third-order valence-electron chi connectivity index (χ3n) is 2.42. The predicted octanol–water partition coefficient (Wildman–Crippen LogP) is 4.26. The molecule has 0 amide bonds. The number of rotatable bonds is 2. The summed E-state index contributed by atoms with van der Waals surface area (Å²) in [5.74, 6) is 1.49. The van der Waals surface area contributed by atoms with Crippen molar-refractivity contribution in [3.63, 3.8) is 0 Å². The zero-order chi connectivity index (χ0) is 11.9. The topological polar surface area (TPSA) is 30.2 Å². The first kappa shape index (κ1) is 11.6. The highest BCUT2D eigenvalue weighted by Crippen LogP contribution is 2.29. The van der Waals surface area contributed by atoms with Crippen LogP contribution in [0, 0.1) is 20.8 Å². The maximum absolute atomic E-state index is 12.2. The van der Waals surface area contributed by atoms with Crippen molar-refractivity contribution in [1.29, 1.82) is 0 Å². The minimum absolute atomic E-state index is 0.0359.